The summed E-state index contributed by atoms with van der Waals surface area (Å²) in [5, 5.41) is 9.27. The average molecular weight is 254 g/mol. The highest BCUT2D eigenvalue weighted by Gasteiger charge is 2.15. The van der Waals surface area contributed by atoms with E-state index in [0.29, 0.717) is 0 Å². The number of phenols is 1. The Morgan fingerprint density at radius 3 is 2.58 bits per heavy atom. The number of aromatic amines is 1. The van der Waals surface area contributed by atoms with Gasteiger partial charge in [-0.05, 0) is 29.8 Å². The predicted molar refractivity (Wildman–Crippen MR) is 73.5 cm³/mol. The molecule has 3 aromatic rings. The van der Waals surface area contributed by atoms with E-state index in [0.717, 1.165) is 28.8 Å². The van der Waals surface area contributed by atoms with Crippen molar-refractivity contribution in [2.24, 2.45) is 0 Å². The number of quaternary nitrogens is 1. The molecule has 1 heterocycles. The lowest BCUT2D eigenvalue weighted by Crippen LogP contribution is -2.55. The predicted octanol–water partition coefficient (Wildman–Crippen LogP) is 1.79. The fourth-order valence-electron chi connectivity index (χ4n) is 2.18. The molecule has 1 aromatic heterocycles. The van der Waals surface area contributed by atoms with Gasteiger partial charge in [-0.1, -0.05) is 24.3 Å². The van der Waals surface area contributed by atoms with Crippen LogP contribution < -0.4 is 5.73 Å². The summed E-state index contributed by atoms with van der Waals surface area (Å²) in [6, 6.07) is 15.2. The lowest BCUT2D eigenvalue weighted by Gasteiger charge is -2.05. The Kier molecular flexibility index (Phi) is 2.93. The molecule has 0 fully saturated rings. The third-order valence-corrected chi connectivity index (χ3v) is 3.21. The fourth-order valence-corrected chi connectivity index (χ4v) is 2.18. The van der Waals surface area contributed by atoms with Crippen molar-refractivity contribution in [3.63, 3.8) is 0 Å². The van der Waals surface area contributed by atoms with Crippen molar-refractivity contribution in [1.29, 1.82) is 0 Å². The number of hydrogen-bond acceptors (Lipinski definition) is 2. The van der Waals surface area contributed by atoms with Crippen molar-refractivity contribution in [2.75, 3.05) is 0 Å². The number of H-pyrrole nitrogens is 1. The van der Waals surface area contributed by atoms with Crippen molar-refractivity contribution in [3.8, 4) is 5.75 Å². The minimum Gasteiger partial charge on any atom is -0.508 e. The molecule has 0 spiro atoms. The van der Waals surface area contributed by atoms with Crippen LogP contribution in [0.4, 0.5) is 0 Å². The molecule has 0 unspecified atom stereocenters. The number of imidazole rings is 1. The summed E-state index contributed by atoms with van der Waals surface area (Å²) < 4.78 is 0. The number of phenolic OH excluding ortho intramolecular Hbond substituents is 1. The molecule has 0 aliphatic carbocycles. The zero-order chi connectivity index (χ0) is 13.2. The van der Waals surface area contributed by atoms with Gasteiger partial charge in [0.25, 0.3) is 0 Å². The number of benzene rings is 2. The maximum atomic E-state index is 9.27. The number of para-hydroxylation sites is 2. The molecule has 2 aromatic carbocycles. The molecule has 96 valence electrons. The van der Waals surface area contributed by atoms with Gasteiger partial charge in [0.15, 0.2) is 5.82 Å². The molecule has 0 aliphatic rings. The van der Waals surface area contributed by atoms with Crippen LogP contribution in [-0.2, 0) is 6.42 Å². The molecular weight excluding hydrogens is 238 g/mol. The Hall–Kier alpha value is -2.33. The van der Waals surface area contributed by atoms with E-state index in [1.165, 1.54) is 0 Å². The van der Waals surface area contributed by atoms with E-state index >= 15 is 0 Å². The first kappa shape index (κ1) is 11.7. The second-order valence-electron chi connectivity index (χ2n) is 4.71. The summed E-state index contributed by atoms with van der Waals surface area (Å²) in [4.78, 5) is 7.86. The number of hydrogen-bond donors (Lipinski definition) is 3. The minimum absolute atomic E-state index is 0.0666. The summed E-state index contributed by atoms with van der Waals surface area (Å²) in [6.45, 7) is 0. The van der Waals surface area contributed by atoms with Crippen molar-refractivity contribution < 1.29 is 10.8 Å². The zero-order valence-corrected chi connectivity index (χ0v) is 10.5. The van der Waals surface area contributed by atoms with E-state index in [1.807, 2.05) is 36.4 Å². The Morgan fingerprint density at radius 1 is 1.11 bits per heavy atom. The molecule has 5 N–H and O–H groups in total. The van der Waals surface area contributed by atoms with Gasteiger partial charge < -0.3 is 15.8 Å². The van der Waals surface area contributed by atoms with E-state index in [-0.39, 0.29) is 11.8 Å². The van der Waals surface area contributed by atoms with Crippen LogP contribution in [0.5, 0.6) is 5.75 Å². The topological polar surface area (TPSA) is 76.6 Å². The number of nitrogens with zero attached hydrogens (tertiary/aromatic N) is 1. The van der Waals surface area contributed by atoms with Gasteiger partial charge in [0, 0.05) is 6.42 Å². The number of fused-ring (bicyclic) bond motifs is 1. The molecule has 1 atom stereocenters. The molecule has 0 radical (unpaired) electrons. The van der Waals surface area contributed by atoms with E-state index in [9.17, 15) is 5.11 Å². The van der Waals surface area contributed by atoms with E-state index in [1.54, 1.807) is 12.1 Å². The van der Waals surface area contributed by atoms with Crippen molar-refractivity contribution in [2.45, 2.75) is 12.5 Å². The second kappa shape index (κ2) is 4.74. The SMILES string of the molecule is [NH3+][C@H](Cc1ccc(O)cc1)c1nc2ccccc2[nH]1. The third-order valence-electron chi connectivity index (χ3n) is 3.21. The van der Waals surface area contributed by atoms with Crippen LogP contribution in [0.25, 0.3) is 11.0 Å². The maximum Gasteiger partial charge on any atom is 0.166 e. The fraction of sp³-hybridized carbons (Fsp3) is 0.133. The average Bonchev–Trinajstić information content (AvgIpc) is 2.85. The smallest absolute Gasteiger partial charge is 0.166 e. The van der Waals surface area contributed by atoms with Crippen LogP contribution in [0.2, 0.25) is 0 Å². The molecule has 4 nitrogen and oxygen atoms in total. The van der Waals surface area contributed by atoms with Gasteiger partial charge in [0.2, 0.25) is 0 Å². The highest BCUT2D eigenvalue weighted by molar-refractivity contribution is 5.74. The highest BCUT2D eigenvalue weighted by atomic mass is 16.3. The van der Waals surface area contributed by atoms with Crippen LogP contribution in [0.15, 0.2) is 48.5 Å². The number of rotatable bonds is 3. The van der Waals surface area contributed by atoms with Gasteiger partial charge >= 0.3 is 0 Å². The molecule has 0 bridgehead atoms. The molecule has 19 heavy (non-hydrogen) atoms. The molecule has 3 rings (SSSR count). The molecule has 0 aliphatic heterocycles. The Morgan fingerprint density at radius 2 is 1.84 bits per heavy atom. The van der Waals surface area contributed by atoms with E-state index in [4.69, 9.17) is 0 Å². The molecule has 0 saturated heterocycles. The van der Waals surface area contributed by atoms with Crippen molar-refractivity contribution in [3.05, 3.63) is 59.9 Å². The summed E-state index contributed by atoms with van der Waals surface area (Å²) in [6.07, 6.45) is 0.792. The summed E-state index contributed by atoms with van der Waals surface area (Å²) in [7, 11) is 0. The van der Waals surface area contributed by atoms with Crippen LogP contribution >= 0.6 is 0 Å². The monoisotopic (exact) mass is 254 g/mol. The highest BCUT2D eigenvalue weighted by Crippen LogP contribution is 2.18. The third kappa shape index (κ3) is 2.44. The Balaban J connectivity index is 1.83. The standard InChI is InChI=1S/C15H15N3O/c16-12(9-10-5-7-11(19)8-6-10)15-17-13-3-1-2-4-14(13)18-15/h1-8,12,19H,9,16H2,(H,17,18)/p+1/t12-/m1/s1. The number of nitrogens with one attached hydrogen (secondary N) is 1. The summed E-state index contributed by atoms with van der Waals surface area (Å²) in [5.74, 6) is 1.18. The van der Waals surface area contributed by atoms with E-state index in [2.05, 4.69) is 15.7 Å². The second-order valence-corrected chi connectivity index (χ2v) is 4.71. The van der Waals surface area contributed by atoms with Gasteiger partial charge in [-0.15, -0.1) is 0 Å². The first-order chi connectivity index (χ1) is 9.22. The quantitative estimate of drug-likeness (QED) is 0.666. The van der Waals surface area contributed by atoms with Gasteiger partial charge in [0.1, 0.15) is 11.8 Å². The minimum atomic E-state index is 0.0666. The van der Waals surface area contributed by atoms with Gasteiger partial charge in [-0.2, -0.15) is 0 Å². The van der Waals surface area contributed by atoms with Crippen molar-refractivity contribution >= 4 is 11.0 Å². The number of aromatic nitrogens is 2. The number of aromatic hydroxyl groups is 1. The zero-order valence-electron chi connectivity index (χ0n) is 10.5. The molecule has 0 saturated carbocycles. The summed E-state index contributed by atoms with van der Waals surface area (Å²) >= 11 is 0. The Labute approximate surface area is 110 Å². The first-order valence-electron chi connectivity index (χ1n) is 6.28. The van der Waals surface area contributed by atoms with Gasteiger partial charge in [0.05, 0.1) is 11.0 Å². The lowest BCUT2D eigenvalue weighted by atomic mass is 10.1. The largest absolute Gasteiger partial charge is 0.508 e. The molecule has 4 heteroatoms. The van der Waals surface area contributed by atoms with E-state index < -0.39 is 0 Å². The normalized spacial score (nSPS) is 12.7. The van der Waals surface area contributed by atoms with Crippen LogP contribution in [0.1, 0.15) is 17.4 Å². The van der Waals surface area contributed by atoms with Crippen LogP contribution in [0, 0.1) is 0 Å². The lowest BCUT2D eigenvalue weighted by molar-refractivity contribution is -0.428. The maximum absolute atomic E-state index is 9.27. The first-order valence-corrected chi connectivity index (χ1v) is 6.28. The summed E-state index contributed by atoms with van der Waals surface area (Å²) in [5.41, 5.74) is 7.31. The van der Waals surface area contributed by atoms with Gasteiger partial charge in [-0.3, -0.25) is 0 Å². The van der Waals surface area contributed by atoms with Crippen LogP contribution in [-0.4, -0.2) is 15.1 Å². The van der Waals surface area contributed by atoms with Gasteiger partial charge in [-0.25, -0.2) is 4.98 Å². The molecule has 0 amide bonds. The molecular formula is C15H16N3O+. The van der Waals surface area contributed by atoms with Crippen molar-refractivity contribution in [1.82, 2.24) is 9.97 Å². The van der Waals surface area contributed by atoms with Crippen LogP contribution in [0.3, 0.4) is 0 Å². The Bertz CT molecular complexity index is 655.